The van der Waals surface area contributed by atoms with Gasteiger partial charge in [0.2, 0.25) is 0 Å². The maximum Gasteiger partial charge on any atom is 0.418 e. The highest BCUT2D eigenvalue weighted by Crippen LogP contribution is 2.38. The highest BCUT2D eigenvalue weighted by atomic mass is 19.4. The lowest BCUT2D eigenvalue weighted by Gasteiger charge is -2.22. The van der Waals surface area contributed by atoms with Crippen molar-refractivity contribution in [2.24, 2.45) is 0 Å². The van der Waals surface area contributed by atoms with Crippen LogP contribution in [0.4, 0.5) is 18.9 Å². The quantitative estimate of drug-likeness (QED) is 0.347. The standard InChI is InChI=1S/C32H29F3N4O6/c1-42-24-9-7-19-13-27(24)44-17-29(40)37-14-18-6-8-25(26(12-18)43-2)45-28-16-39(15-22(28)38-31(19)41)23-10-11-36-30-20(23)4-3-5-21(30)32(33,34)35/h3-13,22,28H,14-17H2,1-2H3,(H,37,40)(H,38,41)/t22-,28-/m0/s1. The number of nitrogens with zero attached hydrogens (tertiary/aromatic N) is 2. The minimum absolute atomic E-state index is 0.163. The smallest absolute Gasteiger partial charge is 0.418 e. The third kappa shape index (κ3) is 6.10. The number of para-hydroxylation sites is 1. The molecule has 4 bridgehead atoms. The number of hydrogen-bond acceptors (Lipinski definition) is 8. The van der Waals surface area contributed by atoms with Gasteiger partial charge in [-0.25, -0.2) is 0 Å². The summed E-state index contributed by atoms with van der Waals surface area (Å²) in [5.41, 5.74) is 0.530. The number of methoxy groups -OCH3 is 2. The molecular formula is C32H29F3N4O6. The minimum atomic E-state index is -4.58. The summed E-state index contributed by atoms with van der Waals surface area (Å²) >= 11 is 0. The molecule has 13 heteroatoms. The Balaban J connectivity index is 1.39. The van der Waals surface area contributed by atoms with Gasteiger partial charge in [0.15, 0.2) is 29.6 Å². The molecule has 3 aliphatic heterocycles. The van der Waals surface area contributed by atoms with Gasteiger partial charge in [0.05, 0.1) is 37.9 Å². The molecule has 3 aliphatic rings. The average Bonchev–Trinajstić information content (AvgIpc) is 3.42. The number of amides is 2. The number of anilines is 1. The lowest BCUT2D eigenvalue weighted by molar-refractivity contribution is -0.136. The Morgan fingerprint density at radius 1 is 0.956 bits per heavy atom. The zero-order valence-electron chi connectivity index (χ0n) is 24.3. The number of alkyl halides is 3. The molecule has 45 heavy (non-hydrogen) atoms. The Hall–Kier alpha value is -5.20. The molecule has 7 rings (SSSR count). The van der Waals surface area contributed by atoms with Crippen molar-refractivity contribution in [1.29, 1.82) is 0 Å². The van der Waals surface area contributed by atoms with Crippen molar-refractivity contribution < 1.29 is 41.7 Å². The highest BCUT2D eigenvalue weighted by molar-refractivity contribution is 5.96. The number of carbonyl (C=O) groups is 2. The van der Waals surface area contributed by atoms with Crippen LogP contribution in [-0.4, -0.2) is 62.9 Å². The molecule has 4 heterocycles. The van der Waals surface area contributed by atoms with Crippen LogP contribution >= 0.6 is 0 Å². The van der Waals surface area contributed by atoms with Crippen molar-refractivity contribution in [1.82, 2.24) is 15.6 Å². The van der Waals surface area contributed by atoms with Gasteiger partial charge in [0, 0.05) is 35.9 Å². The first kappa shape index (κ1) is 29.9. The number of ether oxygens (including phenoxy) is 4. The van der Waals surface area contributed by atoms with E-state index in [0.717, 1.165) is 11.6 Å². The molecule has 0 spiro atoms. The van der Waals surface area contributed by atoms with Crippen LogP contribution in [-0.2, 0) is 17.5 Å². The molecule has 2 atom stereocenters. The predicted molar refractivity (Wildman–Crippen MR) is 158 cm³/mol. The summed E-state index contributed by atoms with van der Waals surface area (Å²) < 4.78 is 64.5. The predicted octanol–water partition coefficient (Wildman–Crippen LogP) is 4.35. The number of aromatic nitrogens is 1. The van der Waals surface area contributed by atoms with Gasteiger partial charge in [0.1, 0.15) is 6.10 Å². The average molecular weight is 623 g/mol. The molecule has 0 unspecified atom stereocenters. The van der Waals surface area contributed by atoms with Gasteiger partial charge in [-0.1, -0.05) is 18.2 Å². The molecule has 234 valence electrons. The van der Waals surface area contributed by atoms with Crippen molar-refractivity contribution in [3.8, 4) is 23.0 Å². The van der Waals surface area contributed by atoms with E-state index in [1.807, 2.05) is 4.90 Å². The molecule has 0 aliphatic carbocycles. The summed E-state index contributed by atoms with van der Waals surface area (Å²) in [6.45, 7) is 0.350. The van der Waals surface area contributed by atoms with Crippen LogP contribution in [0.1, 0.15) is 21.5 Å². The Morgan fingerprint density at radius 2 is 1.78 bits per heavy atom. The maximum absolute atomic E-state index is 13.8. The second-order valence-corrected chi connectivity index (χ2v) is 10.6. The fraction of sp³-hybridized carbons (Fsp3) is 0.281. The minimum Gasteiger partial charge on any atom is -0.493 e. The van der Waals surface area contributed by atoms with Gasteiger partial charge >= 0.3 is 6.18 Å². The molecule has 10 nitrogen and oxygen atoms in total. The van der Waals surface area contributed by atoms with Crippen molar-refractivity contribution in [2.45, 2.75) is 24.9 Å². The Kier molecular flexibility index (Phi) is 8.00. The van der Waals surface area contributed by atoms with E-state index in [0.29, 0.717) is 28.3 Å². The van der Waals surface area contributed by atoms with E-state index < -0.39 is 29.8 Å². The molecule has 1 fully saturated rings. The number of pyridine rings is 1. The summed E-state index contributed by atoms with van der Waals surface area (Å²) in [4.78, 5) is 32.0. The summed E-state index contributed by atoms with van der Waals surface area (Å²) in [5.74, 6) is 0.533. The van der Waals surface area contributed by atoms with Crippen LogP contribution in [0.25, 0.3) is 10.9 Å². The largest absolute Gasteiger partial charge is 0.493 e. The van der Waals surface area contributed by atoms with Crippen LogP contribution in [0.2, 0.25) is 0 Å². The Labute approximate surface area is 256 Å². The molecular weight excluding hydrogens is 593 g/mol. The second kappa shape index (κ2) is 12.1. The number of rotatable bonds is 3. The van der Waals surface area contributed by atoms with Crippen molar-refractivity contribution in [3.63, 3.8) is 0 Å². The van der Waals surface area contributed by atoms with Gasteiger partial charge < -0.3 is 34.5 Å². The van der Waals surface area contributed by atoms with Gasteiger partial charge in [-0.05, 0) is 48.0 Å². The Bertz CT molecular complexity index is 1770. The fourth-order valence-electron chi connectivity index (χ4n) is 5.55. The van der Waals surface area contributed by atoms with E-state index in [-0.39, 0.29) is 49.0 Å². The zero-order valence-corrected chi connectivity index (χ0v) is 24.3. The molecule has 2 amide bonds. The van der Waals surface area contributed by atoms with Crippen LogP contribution in [0.15, 0.2) is 66.9 Å². The first-order chi connectivity index (χ1) is 21.6. The van der Waals surface area contributed by atoms with E-state index in [2.05, 4.69) is 15.6 Å². The number of nitrogens with one attached hydrogen (secondary N) is 2. The monoisotopic (exact) mass is 622 g/mol. The summed E-state index contributed by atoms with van der Waals surface area (Å²) in [7, 11) is 2.94. The molecule has 4 aromatic rings. The number of benzene rings is 3. The van der Waals surface area contributed by atoms with E-state index in [4.69, 9.17) is 18.9 Å². The summed E-state index contributed by atoms with van der Waals surface area (Å²) in [6, 6.07) is 14.8. The van der Waals surface area contributed by atoms with Gasteiger partial charge in [-0.15, -0.1) is 0 Å². The molecule has 1 aromatic heterocycles. The summed E-state index contributed by atoms with van der Waals surface area (Å²) in [6.07, 6.45) is -3.87. The molecule has 1 saturated heterocycles. The van der Waals surface area contributed by atoms with E-state index in [9.17, 15) is 22.8 Å². The first-order valence-corrected chi connectivity index (χ1v) is 14.1. The van der Waals surface area contributed by atoms with Crippen LogP contribution in [0.3, 0.4) is 0 Å². The van der Waals surface area contributed by atoms with E-state index in [1.54, 1.807) is 42.5 Å². The number of hydrogen-bond donors (Lipinski definition) is 2. The van der Waals surface area contributed by atoms with Crippen molar-refractivity contribution in [2.75, 3.05) is 38.8 Å². The lowest BCUT2D eigenvalue weighted by Crippen LogP contribution is -2.45. The fourth-order valence-corrected chi connectivity index (χ4v) is 5.55. The second-order valence-electron chi connectivity index (χ2n) is 10.6. The van der Waals surface area contributed by atoms with Crippen LogP contribution in [0, 0.1) is 0 Å². The topological polar surface area (TPSA) is 111 Å². The normalized spacial score (nSPS) is 18.7. The van der Waals surface area contributed by atoms with Crippen LogP contribution in [0.5, 0.6) is 23.0 Å². The molecule has 2 N–H and O–H groups in total. The van der Waals surface area contributed by atoms with Crippen molar-refractivity contribution >= 4 is 28.4 Å². The van der Waals surface area contributed by atoms with E-state index in [1.165, 1.54) is 32.5 Å². The zero-order chi connectivity index (χ0) is 31.7. The third-order valence-corrected chi connectivity index (χ3v) is 7.76. The first-order valence-electron chi connectivity index (χ1n) is 14.1. The van der Waals surface area contributed by atoms with Gasteiger partial charge in [-0.3, -0.25) is 14.6 Å². The summed E-state index contributed by atoms with van der Waals surface area (Å²) in [5, 5.41) is 6.13. The molecule has 3 aromatic carbocycles. The third-order valence-electron chi connectivity index (χ3n) is 7.76. The molecule has 0 saturated carbocycles. The molecule has 0 radical (unpaired) electrons. The van der Waals surface area contributed by atoms with Crippen LogP contribution < -0.4 is 34.5 Å². The highest BCUT2D eigenvalue weighted by Gasteiger charge is 2.38. The van der Waals surface area contributed by atoms with Gasteiger partial charge in [-0.2, -0.15) is 13.2 Å². The van der Waals surface area contributed by atoms with Crippen molar-refractivity contribution in [3.05, 3.63) is 83.6 Å². The number of carbonyl (C=O) groups excluding carboxylic acids is 2. The number of halogens is 3. The van der Waals surface area contributed by atoms with E-state index >= 15 is 0 Å². The number of fused-ring (bicyclic) bond motifs is 8. The maximum atomic E-state index is 13.8. The van der Waals surface area contributed by atoms with Gasteiger partial charge in [0.25, 0.3) is 11.8 Å². The Morgan fingerprint density at radius 3 is 2.56 bits per heavy atom. The lowest BCUT2D eigenvalue weighted by atomic mass is 10.1. The SMILES string of the molecule is COc1ccc2cc1OCC(=O)NCc1ccc(c(OC)c1)O[C@H]1CN(c3ccnc4c(C(F)(F)F)cccc34)C[C@@H]1NC2=O.